The topological polar surface area (TPSA) is 69.2 Å². The summed E-state index contributed by atoms with van der Waals surface area (Å²) in [6.07, 6.45) is 0.691. The van der Waals surface area contributed by atoms with Crippen LogP contribution in [0.4, 0.5) is 10.5 Å². The Labute approximate surface area is 138 Å². The van der Waals surface area contributed by atoms with Gasteiger partial charge >= 0.3 is 6.09 Å². The fourth-order valence-electron chi connectivity index (χ4n) is 1.71. The minimum absolute atomic E-state index is 0.382. The third-order valence-electron chi connectivity index (χ3n) is 2.85. The minimum Gasteiger partial charge on any atom is -0.497 e. The number of hydrogen-bond donors (Lipinski definition) is 1. The average molecular weight is 335 g/mol. The third kappa shape index (κ3) is 4.89. The lowest BCUT2D eigenvalue weighted by Gasteiger charge is -2.06. The lowest BCUT2D eigenvalue weighted by Crippen LogP contribution is -2.10. The highest BCUT2D eigenvalue weighted by atomic mass is 35.5. The molecule has 1 amide bonds. The maximum atomic E-state index is 11.6. The van der Waals surface area contributed by atoms with Crippen LogP contribution in [-0.2, 0) is 4.84 Å². The van der Waals surface area contributed by atoms with Crippen LogP contribution in [0.25, 0.3) is 0 Å². The van der Waals surface area contributed by atoms with E-state index in [1.807, 2.05) is 0 Å². The summed E-state index contributed by atoms with van der Waals surface area (Å²) in [5.41, 5.74) is 1.24. The maximum absolute atomic E-state index is 11.6. The van der Waals surface area contributed by atoms with Crippen LogP contribution in [0.5, 0.6) is 11.5 Å². The predicted molar refractivity (Wildman–Crippen MR) is 88.7 cm³/mol. The van der Waals surface area contributed by atoms with E-state index in [-0.39, 0.29) is 0 Å². The van der Waals surface area contributed by atoms with E-state index in [0.717, 1.165) is 11.3 Å². The highest BCUT2D eigenvalue weighted by Crippen LogP contribution is 2.27. The fraction of sp³-hybridized carbons (Fsp3) is 0.125. The summed E-state index contributed by atoms with van der Waals surface area (Å²) in [5.74, 6) is 1.25. The number of amides is 1. The van der Waals surface area contributed by atoms with Gasteiger partial charge in [-0.3, -0.25) is 10.2 Å². The zero-order chi connectivity index (χ0) is 16.7. The summed E-state index contributed by atoms with van der Waals surface area (Å²) in [7, 11) is 3.10. The number of carbonyl (C=O) groups excluding carboxylic acids is 1. The molecule has 0 aromatic heterocycles. The number of halogens is 1. The zero-order valence-corrected chi connectivity index (χ0v) is 13.3. The molecule has 0 saturated carbocycles. The highest BCUT2D eigenvalue weighted by molar-refractivity contribution is 6.32. The van der Waals surface area contributed by atoms with E-state index in [1.165, 1.54) is 13.3 Å². The number of oxime groups is 1. The number of nitrogens with zero attached hydrogens (tertiary/aromatic N) is 1. The lowest BCUT2D eigenvalue weighted by molar-refractivity contribution is 0.167. The Morgan fingerprint density at radius 3 is 2.48 bits per heavy atom. The van der Waals surface area contributed by atoms with Crippen LogP contribution < -0.4 is 14.8 Å². The molecule has 0 heterocycles. The first-order valence-electron chi connectivity index (χ1n) is 6.61. The van der Waals surface area contributed by atoms with Crippen LogP contribution in [0.1, 0.15) is 5.56 Å². The molecule has 0 fully saturated rings. The Morgan fingerprint density at radius 2 is 1.87 bits per heavy atom. The van der Waals surface area contributed by atoms with Crippen LogP contribution in [0.15, 0.2) is 47.6 Å². The molecule has 0 spiro atoms. The summed E-state index contributed by atoms with van der Waals surface area (Å²) >= 11 is 5.97. The molecule has 7 heteroatoms. The maximum Gasteiger partial charge on any atom is 0.437 e. The van der Waals surface area contributed by atoms with Crippen molar-refractivity contribution in [2.45, 2.75) is 0 Å². The highest BCUT2D eigenvalue weighted by Gasteiger charge is 2.06. The van der Waals surface area contributed by atoms with Crippen LogP contribution in [0.3, 0.4) is 0 Å². The molecule has 2 rings (SSSR count). The molecule has 1 N–H and O–H groups in total. The number of methoxy groups -OCH3 is 2. The molecule has 0 aliphatic rings. The summed E-state index contributed by atoms with van der Waals surface area (Å²) in [6.45, 7) is 0. The van der Waals surface area contributed by atoms with Crippen molar-refractivity contribution in [3.05, 3.63) is 53.1 Å². The quantitative estimate of drug-likeness (QED) is 0.511. The van der Waals surface area contributed by atoms with Crippen LogP contribution in [0.2, 0.25) is 5.02 Å². The van der Waals surface area contributed by atoms with Gasteiger partial charge in [0.25, 0.3) is 0 Å². The number of benzene rings is 2. The molecule has 23 heavy (non-hydrogen) atoms. The summed E-state index contributed by atoms with van der Waals surface area (Å²) < 4.78 is 10.1. The Balaban J connectivity index is 1.89. The number of rotatable bonds is 5. The van der Waals surface area contributed by atoms with Crippen LogP contribution in [0, 0.1) is 0 Å². The third-order valence-corrected chi connectivity index (χ3v) is 3.15. The van der Waals surface area contributed by atoms with E-state index in [2.05, 4.69) is 10.5 Å². The van der Waals surface area contributed by atoms with E-state index >= 15 is 0 Å². The largest absolute Gasteiger partial charge is 0.497 e. The molecule has 120 valence electrons. The van der Waals surface area contributed by atoms with Gasteiger partial charge in [-0.05, 0) is 48.0 Å². The van der Waals surface area contributed by atoms with Crippen LogP contribution in [-0.4, -0.2) is 26.5 Å². The number of anilines is 1. The number of carbonyl (C=O) groups is 1. The molecular formula is C16H15ClN2O4. The monoisotopic (exact) mass is 334 g/mol. The Bertz CT molecular complexity index is 702. The number of ether oxygens (including phenoxy) is 2. The first-order valence-corrected chi connectivity index (χ1v) is 6.99. The van der Waals surface area contributed by atoms with Gasteiger partial charge in [0.1, 0.15) is 11.5 Å². The minimum atomic E-state index is -0.726. The molecule has 0 unspecified atom stereocenters. The van der Waals surface area contributed by atoms with Crippen molar-refractivity contribution < 1.29 is 19.1 Å². The SMILES string of the molecule is COc1ccc(C=NOC(=O)Nc2ccc(OC)c(Cl)c2)cc1. The van der Waals surface area contributed by atoms with Crippen molar-refractivity contribution in [1.82, 2.24) is 0 Å². The Hall–Kier alpha value is -2.73. The van der Waals surface area contributed by atoms with Gasteiger partial charge in [-0.15, -0.1) is 0 Å². The molecule has 2 aromatic rings. The number of nitrogens with one attached hydrogen (secondary N) is 1. The van der Waals surface area contributed by atoms with Gasteiger partial charge in [0.05, 0.1) is 25.5 Å². The summed E-state index contributed by atoms with van der Waals surface area (Å²) in [6, 6.07) is 12.0. The summed E-state index contributed by atoms with van der Waals surface area (Å²) in [4.78, 5) is 16.3. The van der Waals surface area contributed by atoms with Gasteiger partial charge in [-0.1, -0.05) is 16.8 Å². The van der Waals surface area contributed by atoms with E-state index in [4.69, 9.17) is 25.9 Å². The van der Waals surface area contributed by atoms with Crippen molar-refractivity contribution in [1.29, 1.82) is 0 Å². The van der Waals surface area contributed by atoms with Gasteiger partial charge in [0.15, 0.2) is 0 Å². The van der Waals surface area contributed by atoms with E-state index in [9.17, 15) is 4.79 Å². The fourth-order valence-corrected chi connectivity index (χ4v) is 1.97. The van der Waals surface area contributed by atoms with Gasteiger partial charge < -0.3 is 9.47 Å². The van der Waals surface area contributed by atoms with Gasteiger partial charge in [-0.2, -0.15) is 0 Å². The summed E-state index contributed by atoms with van der Waals surface area (Å²) in [5, 5.41) is 6.50. The molecule has 0 radical (unpaired) electrons. The first-order chi connectivity index (χ1) is 11.1. The standard InChI is InChI=1S/C16H15ClN2O4/c1-21-13-6-3-11(4-7-13)10-18-23-16(20)19-12-5-8-15(22-2)14(17)9-12/h3-10H,1-2H3,(H,19,20). The molecule has 0 aliphatic carbocycles. The Kier molecular flexibility index (Phi) is 5.82. The molecule has 0 aliphatic heterocycles. The predicted octanol–water partition coefficient (Wildman–Crippen LogP) is 3.94. The normalized spacial score (nSPS) is 10.4. The zero-order valence-electron chi connectivity index (χ0n) is 12.6. The van der Waals surface area contributed by atoms with Crippen molar-refractivity contribution in [3.8, 4) is 11.5 Å². The lowest BCUT2D eigenvalue weighted by atomic mass is 10.2. The van der Waals surface area contributed by atoms with Crippen molar-refractivity contribution in [3.63, 3.8) is 0 Å². The van der Waals surface area contributed by atoms with Crippen LogP contribution >= 0.6 is 11.6 Å². The van der Waals surface area contributed by atoms with Crippen molar-refractivity contribution in [2.75, 3.05) is 19.5 Å². The van der Waals surface area contributed by atoms with E-state index < -0.39 is 6.09 Å². The van der Waals surface area contributed by atoms with Crippen molar-refractivity contribution in [2.24, 2.45) is 5.16 Å². The second kappa shape index (κ2) is 8.05. The average Bonchev–Trinajstić information content (AvgIpc) is 2.55. The van der Waals surface area contributed by atoms with Gasteiger partial charge in [0, 0.05) is 5.69 Å². The number of hydrogen-bond acceptors (Lipinski definition) is 5. The van der Waals surface area contributed by atoms with Crippen molar-refractivity contribution >= 4 is 29.6 Å². The van der Waals surface area contributed by atoms with E-state index in [1.54, 1.807) is 49.6 Å². The molecule has 0 atom stereocenters. The molecule has 6 nitrogen and oxygen atoms in total. The second-order valence-corrected chi connectivity index (χ2v) is 4.77. The first kappa shape index (κ1) is 16.6. The van der Waals surface area contributed by atoms with Gasteiger partial charge in [0.2, 0.25) is 0 Å². The molecular weight excluding hydrogens is 320 g/mol. The molecule has 0 saturated heterocycles. The second-order valence-electron chi connectivity index (χ2n) is 4.36. The molecule has 2 aromatic carbocycles. The van der Waals surface area contributed by atoms with Gasteiger partial charge in [-0.25, -0.2) is 4.79 Å². The Morgan fingerprint density at radius 1 is 1.13 bits per heavy atom. The molecule has 0 bridgehead atoms. The van der Waals surface area contributed by atoms with E-state index in [0.29, 0.717) is 16.5 Å². The smallest absolute Gasteiger partial charge is 0.437 e.